The van der Waals surface area contributed by atoms with E-state index in [0.29, 0.717) is 0 Å². The highest BCUT2D eigenvalue weighted by molar-refractivity contribution is 6.08. The van der Waals surface area contributed by atoms with Crippen LogP contribution in [-0.4, -0.2) is 0 Å². The molecule has 1 atom stereocenters. The molecule has 0 fully saturated rings. The second-order valence-electron chi connectivity index (χ2n) is 18.9. The number of anilines is 3. The van der Waals surface area contributed by atoms with E-state index in [1.54, 1.807) is 0 Å². The van der Waals surface area contributed by atoms with Crippen LogP contribution in [0.5, 0.6) is 0 Å². The fraction of sp³-hybridized carbons (Fsp3) is 0.0909. The predicted molar refractivity (Wildman–Crippen MR) is 289 cm³/mol. The number of furan rings is 1. The molecule has 12 aromatic rings. The summed E-state index contributed by atoms with van der Waals surface area (Å²) in [4.78, 5) is 2.50. The number of nitrogens with zero attached hydrogens (tertiary/aromatic N) is 3. The Bertz CT molecular complexity index is 4030. The molecule has 9 aromatic carbocycles. The SMILES string of the molecule is CCc1ccccc1-c1cc2c(cc1C)oc1ccc(-c3ccc(N4c5cccc(-c6c7ccccc7cc[n+]6C)c5C5c6c(cccc64)-c4c6ccccc6cc[n+]45)cc3)cc12.Cc1ccccc1. The number of pyridine rings is 2. The molecule has 2 aliphatic heterocycles. The third kappa shape index (κ3) is 6.58. The lowest BCUT2D eigenvalue weighted by atomic mass is 9.84. The molecule has 4 heteroatoms. The van der Waals surface area contributed by atoms with E-state index >= 15 is 0 Å². The normalized spacial score (nSPS) is 13.3. The fourth-order valence-corrected chi connectivity index (χ4v) is 11.5. The van der Waals surface area contributed by atoms with Crippen molar-refractivity contribution < 1.29 is 13.6 Å². The van der Waals surface area contributed by atoms with Gasteiger partial charge in [0, 0.05) is 28.6 Å². The smallest absolute Gasteiger partial charge is 0.221 e. The number of fused-ring (bicyclic) bond motifs is 11. The van der Waals surface area contributed by atoms with Crippen LogP contribution >= 0.6 is 0 Å². The molecule has 14 rings (SSSR count). The number of benzene rings is 9. The maximum Gasteiger partial charge on any atom is 0.221 e. The number of aromatic nitrogens is 2. The average Bonchev–Trinajstić information content (AvgIpc) is 3.94. The van der Waals surface area contributed by atoms with Gasteiger partial charge in [-0.25, -0.2) is 4.57 Å². The highest BCUT2D eigenvalue weighted by Crippen LogP contribution is 2.56. The van der Waals surface area contributed by atoms with E-state index in [-0.39, 0.29) is 6.04 Å². The van der Waals surface area contributed by atoms with Crippen molar-refractivity contribution in [2.45, 2.75) is 33.2 Å². The van der Waals surface area contributed by atoms with Gasteiger partial charge in [0.2, 0.25) is 17.4 Å². The monoisotopic (exact) mass is 901 g/mol. The predicted octanol–water partition coefficient (Wildman–Crippen LogP) is 16.3. The third-order valence-electron chi connectivity index (χ3n) is 14.8. The van der Waals surface area contributed by atoms with Crippen LogP contribution in [0.4, 0.5) is 17.1 Å². The summed E-state index contributed by atoms with van der Waals surface area (Å²) in [7, 11) is 2.18. The Balaban J connectivity index is 0.000000634. The van der Waals surface area contributed by atoms with E-state index in [1.165, 1.54) is 94.4 Å². The Morgan fingerprint density at radius 2 is 1.07 bits per heavy atom. The second kappa shape index (κ2) is 16.6. The van der Waals surface area contributed by atoms with Gasteiger partial charge in [0.1, 0.15) is 18.2 Å². The van der Waals surface area contributed by atoms with Gasteiger partial charge >= 0.3 is 0 Å². The van der Waals surface area contributed by atoms with Crippen LogP contribution in [0.2, 0.25) is 0 Å². The molecule has 2 aliphatic rings. The van der Waals surface area contributed by atoms with Crippen LogP contribution in [0, 0.1) is 13.8 Å². The number of aryl methyl sites for hydroxylation is 4. The second-order valence-corrected chi connectivity index (χ2v) is 18.9. The Morgan fingerprint density at radius 3 is 1.77 bits per heavy atom. The van der Waals surface area contributed by atoms with Gasteiger partial charge in [-0.2, -0.15) is 4.57 Å². The van der Waals surface area contributed by atoms with Gasteiger partial charge in [-0.15, -0.1) is 0 Å². The van der Waals surface area contributed by atoms with Gasteiger partial charge in [-0.05, 0) is 137 Å². The van der Waals surface area contributed by atoms with Crippen molar-refractivity contribution in [1.82, 2.24) is 0 Å². The molecular weight excluding hydrogens is 851 g/mol. The number of hydrogen-bond donors (Lipinski definition) is 0. The molecule has 70 heavy (non-hydrogen) atoms. The van der Waals surface area contributed by atoms with E-state index in [2.05, 4.69) is 242 Å². The van der Waals surface area contributed by atoms with Crippen molar-refractivity contribution in [3.05, 3.63) is 246 Å². The lowest BCUT2D eigenvalue weighted by Crippen LogP contribution is -2.41. The minimum atomic E-state index is -0.00670. The van der Waals surface area contributed by atoms with Gasteiger partial charge in [0.25, 0.3) is 0 Å². The first kappa shape index (κ1) is 41.6. The van der Waals surface area contributed by atoms with Crippen LogP contribution in [-0.2, 0) is 13.5 Å². The summed E-state index contributed by atoms with van der Waals surface area (Å²) in [6, 6.07) is 75.2. The van der Waals surface area contributed by atoms with Crippen molar-refractivity contribution in [3.63, 3.8) is 0 Å². The minimum absolute atomic E-state index is 0.00670. The first-order valence-electron chi connectivity index (χ1n) is 24.5. The number of hydrogen-bond acceptors (Lipinski definition) is 2. The van der Waals surface area contributed by atoms with Gasteiger partial charge < -0.3 is 9.32 Å². The Labute approximate surface area is 408 Å². The molecule has 0 N–H and O–H groups in total. The molecule has 0 saturated carbocycles. The van der Waals surface area contributed by atoms with Crippen LogP contribution in [0.1, 0.15) is 40.8 Å². The van der Waals surface area contributed by atoms with E-state index in [9.17, 15) is 0 Å². The van der Waals surface area contributed by atoms with Gasteiger partial charge in [-0.3, -0.25) is 0 Å². The topological polar surface area (TPSA) is 24.1 Å². The Kier molecular flexibility index (Phi) is 9.84. The molecule has 0 saturated heterocycles. The summed E-state index contributed by atoms with van der Waals surface area (Å²) in [6.45, 7) is 6.50. The van der Waals surface area contributed by atoms with E-state index < -0.39 is 0 Å². The highest BCUT2D eigenvalue weighted by Gasteiger charge is 2.48. The Morgan fingerprint density at radius 1 is 0.471 bits per heavy atom. The van der Waals surface area contributed by atoms with Crippen molar-refractivity contribution >= 4 is 60.5 Å². The summed E-state index contributed by atoms with van der Waals surface area (Å²) in [5.74, 6) is 0. The highest BCUT2D eigenvalue weighted by atomic mass is 16.3. The largest absolute Gasteiger partial charge is 0.456 e. The quantitative estimate of drug-likeness (QED) is 0.161. The molecule has 5 heterocycles. The molecule has 0 radical (unpaired) electrons. The zero-order chi connectivity index (χ0) is 47.0. The summed E-state index contributed by atoms with van der Waals surface area (Å²) in [6.07, 6.45) is 5.50. The Hall–Kier alpha value is -8.60. The standard InChI is InChI=1S/C59H43N3O.C7H8/c1-4-37-13-5-8-16-43(37)48-35-50-49-34-41(25-28-53(49)63-54(50)33-36(48)2)38-23-26-42(27-24-38)62-51-21-11-19-46(57-44-17-9-6-14-39(44)29-31-60(57)3)55(51)59-56-47(20-12-22-52(56)62)58-45-18-10-7-15-40(45)30-32-61(58)59;1-7-5-3-2-4-6-7/h5-35,59H,4H2,1-3H3;2-6H,1H3/q+2;. The summed E-state index contributed by atoms with van der Waals surface area (Å²) in [5.41, 5.74) is 21.8. The van der Waals surface area contributed by atoms with Crippen molar-refractivity contribution in [1.29, 1.82) is 0 Å². The molecule has 0 amide bonds. The molecular formula is C66H51N3O+2. The van der Waals surface area contributed by atoms with Crippen molar-refractivity contribution in [2.24, 2.45) is 7.05 Å². The first-order chi connectivity index (χ1) is 34.4. The zero-order valence-electron chi connectivity index (χ0n) is 39.8. The summed E-state index contributed by atoms with van der Waals surface area (Å²) >= 11 is 0. The van der Waals surface area contributed by atoms with Crippen LogP contribution in [0.25, 0.3) is 88.3 Å². The lowest BCUT2D eigenvalue weighted by molar-refractivity contribution is -0.687. The molecule has 0 spiro atoms. The van der Waals surface area contributed by atoms with Crippen LogP contribution in [0.15, 0.2) is 223 Å². The maximum absolute atomic E-state index is 6.47. The molecule has 3 aromatic heterocycles. The van der Waals surface area contributed by atoms with Gasteiger partial charge in [0.05, 0.1) is 44.4 Å². The molecule has 334 valence electrons. The minimum Gasteiger partial charge on any atom is -0.456 e. The van der Waals surface area contributed by atoms with Crippen molar-refractivity contribution in [3.8, 4) is 44.8 Å². The van der Waals surface area contributed by atoms with Gasteiger partial charge in [-0.1, -0.05) is 134 Å². The maximum atomic E-state index is 6.47. The van der Waals surface area contributed by atoms with Crippen LogP contribution < -0.4 is 14.0 Å². The summed E-state index contributed by atoms with van der Waals surface area (Å²) < 4.78 is 11.3. The molecule has 0 aliphatic carbocycles. The third-order valence-corrected chi connectivity index (χ3v) is 14.8. The molecule has 4 nitrogen and oxygen atoms in total. The van der Waals surface area contributed by atoms with E-state index in [0.717, 1.165) is 45.2 Å². The van der Waals surface area contributed by atoms with Crippen molar-refractivity contribution in [2.75, 3.05) is 4.90 Å². The summed E-state index contributed by atoms with van der Waals surface area (Å²) in [5, 5.41) is 7.28. The zero-order valence-corrected chi connectivity index (χ0v) is 39.8. The molecule has 1 unspecified atom stereocenters. The average molecular weight is 902 g/mol. The number of rotatable bonds is 5. The first-order valence-corrected chi connectivity index (χ1v) is 24.5. The van der Waals surface area contributed by atoms with Gasteiger partial charge in [0.15, 0.2) is 12.4 Å². The van der Waals surface area contributed by atoms with Crippen LogP contribution in [0.3, 0.4) is 0 Å². The van der Waals surface area contributed by atoms with E-state index in [4.69, 9.17) is 4.42 Å². The lowest BCUT2D eigenvalue weighted by Gasteiger charge is -2.35. The molecule has 0 bridgehead atoms. The van der Waals surface area contributed by atoms with E-state index in [1.807, 2.05) is 18.2 Å². The fourth-order valence-electron chi connectivity index (χ4n) is 11.5.